The van der Waals surface area contributed by atoms with Crippen LogP contribution in [0.5, 0.6) is 5.75 Å². The minimum Gasteiger partial charge on any atom is -0.497 e. The van der Waals surface area contributed by atoms with Gasteiger partial charge in [-0.05, 0) is 55.4 Å². The Morgan fingerprint density at radius 3 is 2.27 bits per heavy atom. The fraction of sp³-hybridized carbons (Fsp3) is 0.278. The third-order valence-electron chi connectivity index (χ3n) is 3.54. The highest BCUT2D eigenvalue weighted by Crippen LogP contribution is 2.18. The number of nitrogens with one attached hydrogen (secondary N) is 2. The highest BCUT2D eigenvalue weighted by Gasteiger charge is 2.10. The molecule has 0 bridgehead atoms. The molecule has 1 atom stereocenters. The van der Waals surface area contributed by atoms with Crippen LogP contribution in [-0.4, -0.2) is 12.2 Å². The number of rotatable bonds is 5. The molecule has 3 nitrogen and oxygen atoms in total. The van der Waals surface area contributed by atoms with E-state index in [1.807, 2.05) is 24.3 Å². The van der Waals surface area contributed by atoms with Crippen molar-refractivity contribution >= 4 is 23.0 Å². The number of ether oxygens (including phenoxy) is 1. The fourth-order valence-electron chi connectivity index (χ4n) is 2.22. The molecule has 0 amide bonds. The van der Waals surface area contributed by atoms with E-state index in [9.17, 15) is 0 Å². The number of benzene rings is 2. The Morgan fingerprint density at radius 1 is 1.09 bits per heavy atom. The average Bonchev–Trinajstić information content (AvgIpc) is 2.54. The Labute approximate surface area is 137 Å². The Hall–Kier alpha value is -2.07. The molecular formula is C18H22N2OS. The van der Waals surface area contributed by atoms with Gasteiger partial charge in [0.25, 0.3) is 0 Å². The van der Waals surface area contributed by atoms with Gasteiger partial charge >= 0.3 is 0 Å². The van der Waals surface area contributed by atoms with Gasteiger partial charge in [0.15, 0.2) is 5.11 Å². The second-order valence-electron chi connectivity index (χ2n) is 5.20. The largest absolute Gasteiger partial charge is 0.497 e. The first-order chi connectivity index (χ1) is 10.6. The first-order valence-electron chi connectivity index (χ1n) is 7.40. The van der Waals surface area contributed by atoms with Crippen molar-refractivity contribution < 1.29 is 4.74 Å². The molecule has 2 rings (SSSR count). The predicted octanol–water partition coefficient (Wildman–Crippen LogP) is 4.44. The molecule has 0 saturated heterocycles. The maximum Gasteiger partial charge on any atom is 0.171 e. The minimum absolute atomic E-state index is 0.207. The molecule has 0 aromatic heterocycles. The number of aryl methyl sites for hydroxylation is 1. The topological polar surface area (TPSA) is 33.3 Å². The number of methoxy groups -OCH3 is 1. The van der Waals surface area contributed by atoms with Crippen LogP contribution in [0.3, 0.4) is 0 Å². The highest BCUT2D eigenvalue weighted by molar-refractivity contribution is 7.80. The fourth-order valence-corrected chi connectivity index (χ4v) is 2.48. The smallest absolute Gasteiger partial charge is 0.171 e. The summed E-state index contributed by atoms with van der Waals surface area (Å²) in [7, 11) is 1.65. The van der Waals surface area contributed by atoms with Gasteiger partial charge in [-0.25, -0.2) is 0 Å². The average molecular weight is 314 g/mol. The third kappa shape index (κ3) is 4.46. The van der Waals surface area contributed by atoms with Crippen LogP contribution in [-0.2, 0) is 0 Å². The lowest BCUT2D eigenvalue weighted by atomic mass is 10.0. The molecule has 0 fully saturated rings. The van der Waals surface area contributed by atoms with E-state index < -0.39 is 0 Å². The number of hydrogen-bond donors (Lipinski definition) is 2. The molecule has 2 N–H and O–H groups in total. The van der Waals surface area contributed by atoms with E-state index in [1.165, 1.54) is 11.1 Å². The molecule has 0 saturated carbocycles. The molecule has 2 aromatic rings. The van der Waals surface area contributed by atoms with Gasteiger partial charge in [-0.3, -0.25) is 0 Å². The van der Waals surface area contributed by atoms with Crippen LogP contribution in [0.15, 0.2) is 48.5 Å². The van der Waals surface area contributed by atoms with Gasteiger partial charge in [-0.15, -0.1) is 0 Å². The van der Waals surface area contributed by atoms with Gasteiger partial charge < -0.3 is 15.4 Å². The van der Waals surface area contributed by atoms with Crippen LogP contribution in [0.2, 0.25) is 0 Å². The summed E-state index contributed by atoms with van der Waals surface area (Å²) in [6.07, 6.45) is 0.966. The number of anilines is 1. The first kappa shape index (κ1) is 16.3. The van der Waals surface area contributed by atoms with Gasteiger partial charge in [0.2, 0.25) is 0 Å². The molecule has 0 radical (unpaired) electrons. The summed E-state index contributed by atoms with van der Waals surface area (Å²) in [6.45, 7) is 4.24. The lowest BCUT2D eigenvalue weighted by molar-refractivity contribution is 0.415. The van der Waals surface area contributed by atoms with Crippen molar-refractivity contribution in [3.63, 3.8) is 0 Å². The zero-order valence-corrected chi connectivity index (χ0v) is 14.0. The summed E-state index contributed by atoms with van der Waals surface area (Å²) in [4.78, 5) is 0. The molecule has 22 heavy (non-hydrogen) atoms. The normalized spacial score (nSPS) is 11.6. The van der Waals surface area contributed by atoms with Crippen molar-refractivity contribution in [1.82, 2.24) is 5.32 Å². The van der Waals surface area contributed by atoms with Gasteiger partial charge in [0.1, 0.15) is 5.75 Å². The lowest BCUT2D eigenvalue weighted by Gasteiger charge is -2.20. The van der Waals surface area contributed by atoms with E-state index in [2.05, 4.69) is 48.7 Å². The minimum atomic E-state index is 0.207. The summed E-state index contributed by atoms with van der Waals surface area (Å²) in [5.41, 5.74) is 3.45. The van der Waals surface area contributed by atoms with E-state index in [-0.39, 0.29) is 6.04 Å². The van der Waals surface area contributed by atoms with Crippen molar-refractivity contribution in [2.24, 2.45) is 0 Å². The first-order valence-corrected chi connectivity index (χ1v) is 7.81. The van der Waals surface area contributed by atoms with Crippen LogP contribution < -0.4 is 15.4 Å². The van der Waals surface area contributed by atoms with Crippen LogP contribution in [0.4, 0.5) is 5.69 Å². The zero-order valence-electron chi connectivity index (χ0n) is 13.2. The summed E-state index contributed by atoms with van der Waals surface area (Å²) < 4.78 is 5.15. The molecule has 0 heterocycles. The maximum atomic E-state index is 5.41. The number of hydrogen-bond acceptors (Lipinski definition) is 2. The molecule has 1 unspecified atom stereocenters. The van der Waals surface area contributed by atoms with Crippen LogP contribution >= 0.6 is 12.2 Å². The van der Waals surface area contributed by atoms with E-state index in [0.29, 0.717) is 5.11 Å². The van der Waals surface area contributed by atoms with Crippen LogP contribution in [0.1, 0.15) is 30.5 Å². The lowest BCUT2D eigenvalue weighted by Crippen LogP contribution is -2.32. The van der Waals surface area contributed by atoms with Gasteiger partial charge in [-0.2, -0.15) is 0 Å². The van der Waals surface area contributed by atoms with Crippen molar-refractivity contribution in [2.45, 2.75) is 26.3 Å². The second kappa shape index (κ2) is 7.80. The summed E-state index contributed by atoms with van der Waals surface area (Å²) in [6, 6.07) is 16.4. The standard InChI is InChI=1S/C18H22N2OS/c1-4-17(14-7-5-13(2)6-8-14)20-18(22)19-15-9-11-16(21-3)12-10-15/h5-12,17H,4H2,1-3H3,(H2,19,20,22). The van der Waals surface area contributed by atoms with Crippen molar-refractivity contribution in [3.05, 3.63) is 59.7 Å². The second-order valence-corrected chi connectivity index (χ2v) is 5.61. The quantitative estimate of drug-likeness (QED) is 0.799. The highest BCUT2D eigenvalue weighted by atomic mass is 32.1. The van der Waals surface area contributed by atoms with Crippen LogP contribution in [0, 0.1) is 6.92 Å². The maximum absolute atomic E-state index is 5.41. The molecule has 2 aromatic carbocycles. The molecule has 4 heteroatoms. The van der Waals surface area contributed by atoms with E-state index in [1.54, 1.807) is 7.11 Å². The molecule has 0 aliphatic heterocycles. The van der Waals surface area contributed by atoms with E-state index >= 15 is 0 Å². The van der Waals surface area contributed by atoms with Gasteiger partial charge in [0.05, 0.1) is 13.2 Å². The summed E-state index contributed by atoms with van der Waals surface area (Å²) in [5.74, 6) is 0.829. The SMILES string of the molecule is CCC(NC(=S)Nc1ccc(OC)cc1)c1ccc(C)cc1. The molecule has 0 spiro atoms. The molecule has 0 aliphatic carbocycles. The Balaban J connectivity index is 1.98. The molecular weight excluding hydrogens is 292 g/mol. The number of thiocarbonyl (C=S) groups is 1. The Bertz CT molecular complexity index is 608. The monoisotopic (exact) mass is 314 g/mol. The van der Waals surface area contributed by atoms with E-state index in [0.717, 1.165) is 17.9 Å². The Kier molecular flexibility index (Phi) is 5.78. The van der Waals surface area contributed by atoms with Crippen molar-refractivity contribution in [3.8, 4) is 5.75 Å². The predicted molar refractivity (Wildman–Crippen MR) is 96.6 cm³/mol. The van der Waals surface area contributed by atoms with Gasteiger partial charge in [-0.1, -0.05) is 36.8 Å². The van der Waals surface area contributed by atoms with Gasteiger partial charge in [0, 0.05) is 5.69 Å². The Morgan fingerprint density at radius 2 is 1.73 bits per heavy atom. The third-order valence-corrected chi connectivity index (χ3v) is 3.76. The van der Waals surface area contributed by atoms with Crippen molar-refractivity contribution in [2.75, 3.05) is 12.4 Å². The van der Waals surface area contributed by atoms with Crippen molar-refractivity contribution in [1.29, 1.82) is 0 Å². The van der Waals surface area contributed by atoms with E-state index in [4.69, 9.17) is 17.0 Å². The molecule has 0 aliphatic rings. The zero-order chi connectivity index (χ0) is 15.9. The summed E-state index contributed by atoms with van der Waals surface area (Å²) in [5, 5.41) is 7.20. The van der Waals surface area contributed by atoms with Crippen LogP contribution in [0.25, 0.3) is 0 Å². The molecule has 116 valence electrons. The summed E-state index contributed by atoms with van der Waals surface area (Å²) >= 11 is 5.41.